The van der Waals surface area contributed by atoms with E-state index in [1.54, 1.807) is 24.7 Å². The maximum Gasteiger partial charge on any atom is 0.213 e. The maximum atomic E-state index is 14.0. The Labute approximate surface area is 255 Å². The van der Waals surface area contributed by atoms with E-state index in [2.05, 4.69) is 42.2 Å². The molecule has 5 aromatic rings. The van der Waals surface area contributed by atoms with E-state index in [0.29, 0.717) is 16.9 Å². The molecule has 3 aromatic heterocycles. The molecule has 0 spiro atoms. The molecule has 0 aliphatic carbocycles. The van der Waals surface area contributed by atoms with Crippen LogP contribution in [0.2, 0.25) is 18.1 Å². The number of aromatic nitrogens is 3. The SMILES string of the molecule is CC(C)(CCC(C)(C)[Si](C)(C)O)n1cc(C(=O)c2cc(N=C(c3ccccc3)c3ccccc3)ccn2)c2cnccc21. The molecule has 0 saturated heterocycles. The van der Waals surface area contributed by atoms with Crippen LogP contribution in [0.3, 0.4) is 0 Å². The number of nitrogens with zero attached hydrogens (tertiary/aromatic N) is 4. The zero-order valence-electron chi connectivity index (χ0n) is 25.9. The number of pyridine rings is 2. The van der Waals surface area contributed by atoms with Crippen LogP contribution in [-0.2, 0) is 5.54 Å². The summed E-state index contributed by atoms with van der Waals surface area (Å²) in [6.07, 6.45) is 8.83. The van der Waals surface area contributed by atoms with Gasteiger partial charge in [-0.25, -0.2) is 4.99 Å². The van der Waals surface area contributed by atoms with Gasteiger partial charge in [0.2, 0.25) is 5.78 Å². The number of ketones is 1. The minimum Gasteiger partial charge on any atom is -0.432 e. The van der Waals surface area contributed by atoms with Crippen LogP contribution in [-0.4, -0.2) is 39.1 Å². The highest BCUT2D eigenvalue weighted by atomic mass is 28.4. The third-order valence-electron chi connectivity index (χ3n) is 8.83. The molecule has 43 heavy (non-hydrogen) atoms. The number of hydrogen-bond donors (Lipinski definition) is 1. The van der Waals surface area contributed by atoms with Crippen molar-refractivity contribution in [2.24, 2.45) is 4.99 Å². The van der Waals surface area contributed by atoms with E-state index in [-0.39, 0.29) is 16.4 Å². The number of benzene rings is 2. The Kier molecular flexibility index (Phi) is 8.32. The van der Waals surface area contributed by atoms with Gasteiger partial charge >= 0.3 is 0 Å². The van der Waals surface area contributed by atoms with Crippen molar-refractivity contribution < 1.29 is 9.59 Å². The molecule has 0 aliphatic rings. The van der Waals surface area contributed by atoms with Crippen molar-refractivity contribution in [3.8, 4) is 0 Å². The van der Waals surface area contributed by atoms with Gasteiger partial charge in [-0.1, -0.05) is 74.5 Å². The summed E-state index contributed by atoms with van der Waals surface area (Å²) in [6, 6.07) is 25.6. The molecule has 6 nitrogen and oxygen atoms in total. The smallest absolute Gasteiger partial charge is 0.213 e. The lowest BCUT2D eigenvalue weighted by molar-refractivity contribution is 0.103. The average Bonchev–Trinajstić information content (AvgIpc) is 3.40. The van der Waals surface area contributed by atoms with Gasteiger partial charge in [0.15, 0.2) is 8.32 Å². The number of hydrogen-bond acceptors (Lipinski definition) is 5. The summed E-state index contributed by atoms with van der Waals surface area (Å²) in [5.41, 5.74) is 5.01. The summed E-state index contributed by atoms with van der Waals surface area (Å²) in [4.78, 5) is 38.7. The van der Waals surface area contributed by atoms with Crippen molar-refractivity contribution in [3.63, 3.8) is 0 Å². The number of fused-ring (bicyclic) bond motifs is 1. The summed E-state index contributed by atoms with van der Waals surface area (Å²) >= 11 is 0. The highest BCUT2D eigenvalue weighted by Gasteiger charge is 2.39. The molecule has 1 N–H and O–H groups in total. The fourth-order valence-electron chi connectivity index (χ4n) is 5.17. The zero-order chi connectivity index (χ0) is 30.8. The van der Waals surface area contributed by atoms with Gasteiger partial charge < -0.3 is 9.36 Å². The first-order valence-corrected chi connectivity index (χ1v) is 17.7. The first kappa shape index (κ1) is 30.3. The van der Waals surface area contributed by atoms with Gasteiger partial charge in [0, 0.05) is 46.8 Å². The second kappa shape index (κ2) is 11.8. The van der Waals surface area contributed by atoms with Gasteiger partial charge in [0.25, 0.3) is 0 Å². The molecule has 0 saturated carbocycles. The predicted molar refractivity (Wildman–Crippen MR) is 178 cm³/mol. The first-order chi connectivity index (χ1) is 20.4. The fraction of sp³-hybridized carbons (Fsp3) is 0.278. The summed E-state index contributed by atoms with van der Waals surface area (Å²) in [5.74, 6) is -0.171. The largest absolute Gasteiger partial charge is 0.432 e. The molecule has 0 amide bonds. The molecule has 0 unspecified atom stereocenters. The van der Waals surface area contributed by atoms with Crippen LogP contribution in [0.1, 0.15) is 67.7 Å². The highest BCUT2D eigenvalue weighted by Crippen LogP contribution is 2.43. The van der Waals surface area contributed by atoms with Crippen LogP contribution in [0.25, 0.3) is 10.9 Å². The van der Waals surface area contributed by atoms with Crippen LogP contribution in [0.4, 0.5) is 5.69 Å². The van der Waals surface area contributed by atoms with E-state index in [4.69, 9.17) is 4.99 Å². The van der Waals surface area contributed by atoms with Crippen molar-refractivity contribution in [1.29, 1.82) is 0 Å². The Bertz CT molecular complexity index is 1730. The normalized spacial score (nSPS) is 12.3. The number of carbonyl (C=O) groups excluding carboxylic acids is 1. The lowest BCUT2D eigenvalue weighted by atomic mass is 9.93. The Morgan fingerprint density at radius 3 is 2.12 bits per heavy atom. The lowest BCUT2D eigenvalue weighted by Gasteiger charge is -2.38. The van der Waals surface area contributed by atoms with Crippen molar-refractivity contribution in [1.82, 2.24) is 14.5 Å². The first-order valence-electron chi connectivity index (χ1n) is 14.8. The molecular formula is C36H40N4O2Si. The van der Waals surface area contributed by atoms with E-state index in [1.807, 2.05) is 92.1 Å². The molecular weight excluding hydrogens is 549 g/mol. The van der Waals surface area contributed by atoms with Gasteiger partial charge in [-0.15, -0.1) is 0 Å². The molecule has 2 aromatic carbocycles. The molecule has 0 aliphatic heterocycles. The van der Waals surface area contributed by atoms with Gasteiger partial charge in [-0.3, -0.25) is 14.8 Å². The van der Waals surface area contributed by atoms with Crippen LogP contribution >= 0.6 is 0 Å². The van der Waals surface area contributed by atoms with E-state index >= 15 is 0 Å². The highest BCUT2D eigenvalue weighted by molar-refractivity contribution is 6.72. The van der Waals surface area contributed by atoms with Crippen LogP contribution in [0.5, 0.6) is 0 Å². The van der Waals surface area contributed by atoms with E-state index < -0.39 is 8.32 Å². The third-order valence-corrected chi connectivity index (χ3v) is 12.4. The monoisotopic (exact) mass is 588 g/mol. The second-order valence-corrected chi connectivity index (χ2v) is 17.5. The minimum atomic E-state index is -2.35. The Morgan fingerprint density at radius 1 is 0.884 bits per heavy atom. The second-order valence-electron chi connectivity index (χ2n) is 13.0. The van der Waals surface area contributed by atoms with E-state index in [0.717, 1.165) is 40.6 Å². The summed E-state index contributed by atoms with van der Waals surface area (Å²) in [5, 5.41) is 0.651. The van der Waals surface area contributed by atoms with Crippen LogP contribution < -0.4 is 0 Å². The van der Waals surface area contributed by atoms with Crippen molar-refractivity contribution in [3.05, 3.63) is 126 Å². The standard InChI is InChI=1S/C36H40N4O2Si/c1-35(2,19-20-36(3,4)43(5,6)42)40-25-30(29-24-37-21-18-32(29)40)34(41)31-23-28(17-22-38-31)39-33(26-13-9-7-10-14-26)27-15-11-8-12-16-27/h7-18,21-25,42H,19-20H2,1-6H3. The Morgan fingerprint density at radius 2 is 1.51 bits per heavy atom. The van der Waals surface area contributed by atoms with E-state index in [1.165, 1.54) is 0 Å². The average molecular weight is 589 g/mol. The van der Waals surface area contributed by atoms with Crippen molar-refractivity contribution >= 4 is 36.4 Å². The van der Waals surface area contributed by atoms with Gasteiger partial charge in [-0.2, -0.15) is 0 Å². The van der Waals surface area contributed by atoms with Gasteiger partial charge in [-0.05, 0) is 63.0 Å². The third kappa shape index (κ3) is 6.43. The Hall–Kier alpha value is -4.20. The van der Waals surface area contributed by atoms with Gasteiger partial charge in [0.05, 0.1) is 22.5 Å². The summed E-state index contributed by atoms with van der Waals surface area (Å²) in [7, 11) is -2.35. The molecule has 7 heteroatoms. The minimum absolute atomic E-state index is 0.142. The fourth-order valence-corrected chi connectivity index (χ4v) is 5.90. The topological polar surface area (TPSA) is 80.4 Å². The molecule has 0 atom stereocenters. The number of rotatable bonds is 10. The summed E-state index contributed by atoms with van der Waals surface area (Å²) in [6.45, 7) is 12.7. The van der Waals surface area contributed by atoms with Crippen molar-refractivity contribution in [2.45, 2.75) is 64.2 Å². The van der Waals surface area contributed by atoms with Crippen LogP contribution in [0.15, 0.2) is 109 Å². The van der Waals surface area contributed by atoms with Crippen LogP contribution in [0, 0.1) is 0 Å². The molecule has 3 heterocycles. The predicted octanol–water partition coefficient (Wildman–Crippen LogP) is 8.32. The molecule has 5 rings (SSSR count). The molecule has 220 valence electrons. The van der Waals surface area contributed by atoms with Crippen molar-refractivity contribution in [2.75, 3.05) is 0 Å². The maximum absolute atomic E-state index is 14.0. The van der Waals surface area contributed by atoms with Gasteiger partial charge in [0.1, 0.15) is 5.69 Å². The summed E-state index contributed by atoms with van der Waals surface area (Å²) < 4.78 is 2.18. The Balaban J connectivity index is 1.52. The molecule has 0 bridgehead atoms. The molecule has 0 fully saturated rings. The molecule has 0 radical (unpaired) electrons. The number of aliphatic imine (C=N–C) groups is 1. The van der Waals surface area contributed by atoms with E-state index in [9.17, 15) is 9.59 Å². The lowest BCUT2D eigenvalue weighted by Crippen LogP contribution is -2.40. The number of carbonyl (C=O) groups is 1. The zero-order valence-corrected chi connectivity index (χ0v) is 26.9. The quantitative estimate of drug-likeness (QED) is 0.101.